The van der Waals surface area contributed by atoms with Crippen LogP contribution in [0, 0.1) is 0 Å². The Morgan fingerprint density at radius 1 is 0.947 bits per heavy atom. The zero-order valence-electron chi connectivity index (χ0n) is 9.65. The Kier molecular flexibility index (Phi) is 3.95. The van der Waals surface area contributed by atoms with Gasteiger partial charge in [0.25, 0.3) is 0 Å². The van der Waals surface area contributed by atoms with E-state index < -0.39 is 10.8 Å². The molecule has 0 spiro atoms. The van der Waals surface area contributed by atoms with Crippen molar-refractivity contribution in [3.63, 3.8) is 0 Å². The largest absolute Gasteiger partial charge is 0.421 e. The van der Waals surface area contributed by atoms with Gasteiger partial charge in [0.1, 0.15) is 5.75 Å². The van der Waals surface area contributed by atoms with E-state index in [9.17, 15) is 13.6 Å². The van der Waals surface area contributed by atoms with E-state index in [1.807, 2.05) is 46.3 Å². The standard InChI is InChI=1S/C14H9BrF2O2/c15-14(16,17)13(18)19-12-8-6-11(7-9-12)10-4-2-1-3-5-10/h1-9H. The van der Waals surface area contributed by atoms with Crippen LogP contribution in [0.5, 0.6) is 5.75 Å². The van der Waals surface area contributed by atoms with Gasteiger partial charge in [-0.25, -0.2) is 4.79 Å². The molecule has 98 valence electrons. The Labute approximate surface area is 117 Å². The minimum Gasteiger partial charge on any atom is -0.421 e. The number of carbonyl (C=O) groups excluding carboxylic acids is 1. The number of rotatable bonds is 3. The molecule has 2 nitrogen and oxygen atoms in total. The second-order valence-corrected chi connectivity index (χ2v) is 4.77. The predicted molar refractivity (Wildman–Crippen MR) is 71.4 cm³/mol. The van der Waals surface area contributed by atoms with E-state index in [1.54, 1.807) is 12.1 Å². The lowest BCUT2D eigenvalue weighted by Gasteiger charge is -2.08. The van der Waals surface area contributed by atoms with Gasteiger partial charge in [-0.2, -0.15) is 8.78 Å². The number of ether oxygens (including phenoxy) is 1. The fourth-order valence-electron chi connectivity index (χ4n) is 1.51. The number of alkyl halides is 3. The third-order valence-corrected chi connectivity index (χ3v) is 2.73. The Morgan fingerprint density at radius 2 is 1.47 bits per heavy atom. The molecule has 0 aliphatic heterocycles. The minimum absolute atomic E-state index is 0.0730. The Balaban J connectivity index is 2.14. The maximum absolute atomic E-state index is 12.6. The average molecular weight is 327 g/mol. The third-order valence-electron chi connectivity index (χ3n) is 2.40. The van der Waals surface area contributed by atoms with E-state index in [4.69, 9.17) is 0 Å². The van der Waals surface area contributed by atoms with Crippen LogP contribution < -0.4 is 4.74 Å². The molecule has 5 heteroatoms. The summed E-state index contributed by atoms with van der Waals surface area (Å²) in [4.78, 5) is 7.29. The highest BCUT2D eigenvalue weighted by Gasteiger charge is 2.37. The average Bonchev–Trinajstić information content (AvgIpc) is 2.39. The third kappa shape index (κ3) is 3.61. The molecular formula is C14H9BrF2O2. The summed E-state index contributed by atoms with van der Waals surface area (Å²) in [6.45, 7) is 0. The minimum atomic E-state index is -3.68. The molecule has 0 fully saturated rings. The molecule has 0 atom stereocenters. The molecule has 0 heterocycles. The summed E-state index contributed by atoms with van der Waals surface area (Å²) >= 11 is 1.94. The first kappa shape index (κ1) is 13.7. The van der Waals surface area contributed by atoms with Crippen LogP contribution in [0.1, 0.15) is 0 Å². The number of hydrogen-bond donors (Lipinski definition) is 0. The van der Waals surface area contributed by atoms with Crippen LogP contribution in [0.15, 0.2) is 54.6 Å². The van der Waals surface area contributed by atoms with Crippen LogP contribution in [-0.4, -0.2) is 10.8 Å². The van der Waals surface area contributed by atoms with Gasteiger partial charge in [-0.15, -0.1) is 0 Å². The van der Waals surface area contributed by atoms with Crippen LogP contribution in [-0.2, 0) is 4.79 Å². The maximum Gasteiger partial charge on any atom is 0.396 e. The molecule has 0 amide bonds. The van der Waals surface area contributed by atoms with Gasteiger partial charge in [-0.3, -0.25) is 0 Å². The van der Waals surface area contributed by atoms with E-state index in [-0.39, 0.29) is 5.75 Å². The smallest absolute Gasteiger partial charge is 0.396 e. The maximum atomic E-state index is 12.6. The first-order valence-electron chi connectivity index (χ1n) is 5.41. The van der Waals surface area contributed by atoms with E-state index in [0.717, 1.165) is 11.1 Å². The van der Waals surface area contributed by atoms with Crippen LogP contribution in [0.2, 0.25) is 0 Å². The lowest BCUT2D eigenvalue weighted by atomic mass is 10.1. The molecular weight excluding hydrogens is 318 g/mol. The summed E-state index contributed by atoms with van der Waals surface area (Å²) in [5, 5.41) is 0. The molecule has 0 aromatic heterocycles. The van der Waals surface area contributed by atoms with E-state index in [2.05, 4.69) is 4.74 Å². The highest BCUT2D eigenvalue weighted by atomic mass is 79.9. The normalized spacial score (nSPS) is 11.1. The van der Waals surface area contributed by atoms with E-state index in [0.29, 0.717) is 0 Å². The van der Waals surface area contributed by atoms with Crippen molar-refractivity contribution in [1.82, 2.24) is 0 Å². The topological polar surface area (TPSA) is 26.3 Å². The van der Waals surface area contributed by atoms with Crippen LogP contribution in [0.4, 0.5) is 8.78 Å². The van der Waals surface area contributed by atoms with Gasteiger partial charge in [-0.1, -0.05) is 42.5 Å². The quantitative estimate of drug-likeness (QED) is 0.479. The summed E-state index contributed by atoms with van der Waals surface area (Å²) in [5.74, 6) is -1.57. The van der Waals surface area contributed by atoms with Crippen molar-refractivity contribution in [1.29, 1.82) is 0 Å². The van der Waals surface area contributed by atoms with E-state index in [1.165, 1.54) is 12.1 Å². The van der Waals surface area contributed by atoms with Crippen LogP contribution in [0.3, 0.4) is 0 Å². The number of hydrogen-bond acceptors (Lipinski definition) is 2. The van der Waals surface area contributed by atoms with Crippen LogP contribution >= 0.6 is 15.9 Å². The number of halogens is 3. The number of benzene rings is 2. The first-order chi connectivity index (χ1) is 8.97. The van der Waals surface area contributed by atoms with Gasteiger partial charge in [0.15, 0.2) is 0 Å². The second kappa shape index (κ2) is 5.48. The summed E-state index contributed by atoms with van der Waals surface area (Å²) in [6.07, 6.45) is 0. The molecule has 0 unspecified atom stereocenters. The monoisotopic (exact) mass is 326 g/mol. The van der Waals surface area contributed by atoms with Crippen molar-refractivity contribution >= 4 is 21.9 Å². The van der Waals surface area contributed by atoms with Gasteiger partial charge < -0.3 is 4.74 Å². The highest BCUT2D eigenvalue weighted by molar-refractivity contribution is 9.10. The Morgan fingerprint density at radius 3 is 2.00 bits per heavy atom. The molecule has 0 saturated carbocycles. The Bertz CT molecular complexity index is 562. The number of carbonyl (C=O) groups is 1. The van der Waals surface area contributed by atoms with Crippen molar-refractivity contribution in [2.75, 3.05) is 0 Å². The van der Waals surface area contributed by atoms with E-state index >= 15 is 0 Å². The molecule has 0 radical (unpaired) electrons. The highest BCUT2D eigenvalue weighted by Crippen LogP contribution is 2.26. The molecule has 0 N–H and O–H groups in total. The summed E-state index contributed by atoms with van der Waals surface area (Å²) in [5.41, 5.74) is 1.90. The molecule has 0 bridgehead atoms. The van der Waals surface area contributed by atoms with Crippen molar-refractivity contribution in [3.05, 3.63) is 54.6 Å². The predicted octanol–water partition coefficient (Wildman–Crippen LogP) is 4.25. The SMILES string of the molecule is O=C(Oc1ccc(-c2ccccc2)cc1)C(F)(F)Br. The van der Waals surface area contributed by atoms with Gasteiger partial charge in [0, 0.05) is 15.9 Å². The fraction of sp³-hybridized carbons (Fsp3) is 0.0714. The van der Waals surface area contributed by atoms with Crippen molar-refractivity contribution in [3.8, 4) is 16.9 Å². The second-order valence-electron chi connectivity index (χ2n) is 3.78. The summed E-state index contributed by atoms with van der Waals surface area (Å²) in [7, 11) is 0. The Hall–Kier alpha value is -1.75. The fourth-order valence-corrected chi connectivity index (χ4v) is 1.59. The van der Waals surface area contributed by atoms with Crippen LogP contribution in [0.25, 0.3) is 11.1 Å². The zero-order chi connectivity index (χ0) is 13.9. The zero-order valence-corrected chi connectivity index (χ0v) is 11.2. The molecule has 0 aliphatic carbocycles. The molecule has 2 aromatic carbocycles. The van der Waals surface area contributed by atoms with Gasteiger partial charge in [-0.05, 0) is 23.3 Å². The summed E-state index contributed by atoms with van der Waals surface area (Å²) < 4.78 is 29.7. The molecule has 0 saturated heterocycles. The molecule has 19 heavy (non-hydrogen) atoms. The lowest BCUT2D eigenvalue weighted by molar-refractivity contribution is -0.149. The van der Waals surface area contributed by atoms with Gasteiger partial charge in [0.2, 0.25) is 0 Å². The van der Waals surface area contributed by atoms with Gasteiger partial charge in [0.05, 0.1) is 0 Å². The van der Waals surface area contributed by atoms with Crippen molar-refractivity contribution in [2.45, 2.75) is 4.83 Å². The lowest BCUT2D eigenvalue weighted by Crippen LogP contribution is -2.26. The summed E-state index contributed by atoms with van der Waals surface area (Å²) in [6, 6.07) is 15.9. The van der Waals surface area contributed by atoms with Crippen molar-refractivity contribution < 1.29 is 18.3 Å². The number of esters is 1. The van der Waals surface area contributed by atoms with Crippen molar-refractivity contribution in [2.24, 2.45) is 0 Å². The van der Waals surface area contributed by atoms with Gasteiger partial charge >= 0.3 is 10.8 Å². The molecule has 2 aromatic rings. The molecule has 0 aliphatic rings. The molecule has 2 rings (SSSR count). The first-order valence-corrected chi connectivity index (χ1v) is 6.20.